The van der Waals surface area contributed by atoms with E-state index in [2.05, 4.69) is 20.2 Å². The number of nitrogens with zero attached hydrogens (tertiary/aromatic N) is 3. The van der Waals surface area contributed by atoms with Crippen LogP contribution in [-0.4, -0.2) is 48.4 Å². The van der Waals surface area contributed by atoms with Crippen LogP contribution in [0.4, 0.5) is 5.69 Å². The average Bonchev–Trinajstić information content (AvgIpc) is 2.65. The first-order valence-electron chi connectivity index (χ1n) is 5.27. The van der Waals surface area contributed by atoms with Gasteiger partial charge in [-0.1, -0.05) is 0 Å². The summed E-state index contributed by atoms with van der Waals surface area (Å²) in [4.78, 5) is 10.5. The molecule has 5 nitrogen and oxygen atoms in total. The van der Waals surface area contributed by atoms with Gasteiger partial charge in [-0.15, -0.1) is 0 Å². The van der Waals surface area contributed by atoms with Crippen LogP contribution >= 0.6 is 0 Å². The first-order valence-corrected chi connectivity index (χ1v) is 5.27. The Labute approximate surface area is 88.5 Å². The van der Waals surface area contributed by atoms with Crippen LogP contribution in [-0.2, 0) is 4.74 Å². The molecule has 0 radical (unpaired) electrons. The van der Waals surface area contributed by atoms with Gasteiger partial charge >= 0.3 is 0 Å². The number of hydrogen-bond acceptors (Lipinski definition) is 5. The summed E-state index contributed by atoms with van der Waals surface area (Å²) in [6.07, 6.45) is 5.60. The normalized spacial score (nSPS) is 30.3. The lowest BCUT2D eigenvalue weighted by atomic mass is 10.2. The third-order valence-corrected chi connectivity index (χ3v) is 3.00. The molecule has 2 unspecified atom stereocenters. The molecule has 2 atom stereocenters. The summed E-state index contributed by atoms with van der Waals surface area (Å²) in [5, 5.41) is 3.40. The minimum atomic E-state index is 0.295. The predicted molar refractivity (Wildman–Crippen MR) is 55.8 cm³/mol. The zero-order chi connectivity index (χ0) is 10.1. The van der Waals surface area contributed by atoms with E-state index in [1.165, 1.54) is 0 Å². The van der Waals surface area contributed by atoms with Crippen molar-refractivity contribution in [3.8, 4) is 0 Å². The fraction of sp³-hybridized carbons (Fsp3) is 0.600. The van der Waals surface area contributed by atoms with Crippen molar-refractivity contribution >= 4 is 5.69 Å². The van der Waals surface area contributed by atoms with Crippen LogP contribution in [0.3, 0.4) is 0 Å². The topological polar surface area (TPSA) is 50.3 Å². The van der Waals surface area contributed by atoms with E-state index < -0.39 is 0 Å². The quantitative estimate of drug-likeness (QED) is 0.681. The van der Waals surface area contributed by atoms with Crippen LogP contribution in [0.25, 0.3) is 0 Å². The highest BCUT2D eigenvalue weighted by atomic mass is 16.5. The minimum Gasteiger partial charge on any atom is -0.373 e. The fourth-order valence-electron chi connectivity index (χ4n) is 2.22. The molecule has 3 saturated heterocycles. The molecule has 2 bridgehead atoms. The van der Waals surface area contributed by atoms with E-state index in [0.717, 1.165) is 31.9 Å². The monoisotopic (exact) mass is 206 g/mol. The Bertz CT molecular complexity index is 327. The van der Waals surface area contributed by atoms with Crippen molar-refractivity contribution < 1.29 is 4.74 Å². The van der Waals surface area contributed by atoms with Crippen molar-refractivity contribution in [1.82, 2.24) is 15.3 Å². The summed E-state index contributed by atoms with van der Waals surface area (Å²) in [6, 6.07) is 0.412. The Hall–Kier alpha value is -1.20. The smallest absolute Gasteiger partial charge is 0.115 e. The Morgan fingerprint density at radius 1 is 1.33 bits per heavy atom. The zero-order valence-electron chi connectivity index (χ0n) is 8.47. The van der Waals surface area contributed by atoms with Crippen LogP contribution in [0, 0.1) is 0 Å². The number of fused-ring (bicyclic) bond motifs is 4. The highest BCUT2D eigenvalue weighted by Gasteiger charge is 2.32. The first-order chi connectivity index (χ1) is 7.43. The van der Waals surface area contributed by atoms with Gasteiger partial charge in [0.05, 0.1) is 36.8 Å². The van der Waals surface area contributed by atoms with E-state index >= 15 is 0 Å². The number of nitrogens with one attached hydrogen (secondary N) is 1. The molecule has 4 heterocycles. The average molecular weight is 206 g/mol. The Morgan fingerprint density at radius 2 is 2.20 bits per heavy atom. The molecule has 1 N–H and O–H groups in total. The molecular formula is C10H14N4O. The largest absolute Gasteiger partial charge is 0.373 e. The van der Waals surface area contributed by atoms with Crippen LogP contribution in [0.2, 0.25) is 0 Å². The van der Waals surface area contributed by atoms with Crippen molar-refractivity contribution in [2.45, 2.75) is 12.1 Å². The molecular weight excluding hydrogens is 192 g/mol. The predicted octanol–water partition coefficient (Wildman–Crippen LogP) is -0.346. The van der Waals surface area contributed by atoms with Crippen molar-refractivity contribution in [3.05, 3.63) is 18.7 Å². The van der Waals surface area contributed by atoms with Gasteiger partial charge in [-0.05, 0) is 0 Å². The second-order valence-electron chi connectivity index (χ2n) is 4.02. The Morgan fingerprint density at radius 3 is 3.07 bits per heavy atom. The van der Waals surface area contributed by atoms with Gasteiger partial charge in [0.25, 0.3) is 0 Å². The zero-order valence-corrected chi connectivity index (χ0v) is 8.47. The number of rotatable bonds is 1. The molecule has 5 heteroatoms. The van der Waals surface area contributed by atoms with E-state index in [4.69, 9.17) is 4.74 Å². The maximum atomic E-state index is 5.71. The summed E-state index contributed by atoms with van der Waals surface area (Å²) < 4.78 is 5.71. The van der Waals surface area contributed by atoms with Crippen LogP contribution < -0.4 is 10.2 Å². The molecule has 0 aromatic carbocycles. The number of aromatic nitrogens is 2. The molecule has 3 aliphatic rings. The first kappa shape index (κ1) is 9.06. The molecule has 0 aliphatic carbocycles. The van der Waals surface area contributed by atoms with Gasteiger partial charge < -0.3 is 15.0 Å². The summed E-state index contributed by atoms with van der Waals surface area (Å²) in [7, 11) is 0. The molecule has 3 fully saturated rings. The van der Waals surface area contributed by atoms with Gasteiger partial charge in [-0.2, -0.15) is 0 Å². The van der Waals surface area contributed by atoms with Gasteiger partial charge in [-0.3, -0.25) is 0 Å². The summed E-state index contributed by atoms with van der Waals surface area (Å²) in [5.74, 6) is 0. The molecule has 15 heavy (non-hydrogen) atoms. The SMILES string of the molecule is c1ncc(N2CC3CNCC2CO3)cn1. The maximum Gasteiger partial charge on any atom is 0.115 e. The van der Waals surface area contributed by atoms with E-state index in [9.17, 15) is 0 Å². The molecule has 0 spiro atoms. The standard InChI is InChI=1S/C10H14N4O/c1-8(2-13-7-12-1)14-5-10-4-11-3-9(14)6-15-10/h1-2,7,9-11H,3-6H2. The maximum absolute atomic E-state index is 5.71. The van der Waals surface area contributed by atoms with Crippen molar-refractivity contribution in [1.29, 1.82) is 0 Å². The second-order valence-corrected chi connectivity index (χ2v) is 4.02. The van der Waals surface area contributed by atoms with Crippen molar-refractivity contribution in [3.63, 3.8) is 0 Å². The molecule has 1 aromatic rings. The summed E-state index contributed by atoms with van der Waals surface area (Å²) in [5.41, 5.74) is 1.10. The highest BCUT2D eigenvalue weighted by Crippen LogP contribution is 2.21. The lowest BCUT2D eigenvalue weighted by Crippen LogP contribution is -2.49. The van der Waals surface area contributed by atoms with Crippen LogP contribution in [0.15, 0.2) is 18.7 Å². The fourth-order valence-corrected chi connectivity index (χ4v) is 2.22. The lowest BCUT2D eigenvalue weighted by molar-refractivity contribution is 0.0391. The van der Waals surface area contributed by atoms with Gasteiger partial charge in [-0.25, -0.2) is 9.97 Å². The molecule has 0 saturated carbocycles. The summed E-state index contributed by atoms with van der Waals surface area (Å²) >= 11 is 0. The summed E-state index contributed by atoms with van der Waals surface area (Å²) in [6.45, 7) is 3.66. The van der Waals surface area contributed by atoms with Gasteiger partial charge in [0.15, 0.2) is 0 Å². The third-order valence-electron chi connectivity index (χ3n) is 3.00. The van der Waals surface area contributed by atoms with E-state index in [1.807, 2.05) is 12.4 Å². The Balaban J connectivity index is 1.87. The second kappa shape index (κ2) is 3.75. The van der Waals surface area contributed by atoms with E-state index in [-0.39, 0.29) is 0 Å². The molecule has 1 aromatic heterocycles. The highest BCUT2D eigenvalue weighted by molar-refractivity contribution is 5.44. The van der Waals surface area contributed by atoms with Gasteiger partial charge in [0, 0.05) is 19.6 Å². The molecule has 0 amide bonds. The van der Waals surface area contributed by atoms with E-state index in [0.29, 0.717) is 12.1 Å². The van der Waals surface area contributed by atoms with E-state index in [1.54, 1.807) is 6.33 Å². The van der Waals surface area contributed by atoms with Crippen molar-refractivity contribution in [2.24, 2.45) is 0 Å². The van der Waals surface area contributed by atoms with Crippen LogP contribution in [0.1, 0.15) is 0 Å². The van der Waals surface area contributed by atoms with Gasteiger partial charge in [0.2, 0.25) is 0 Å². The molecule has 80 valence electrons. The molecule has 3 aliphatic heterocycles. The lowest BCUT2D eigenvalue weighted by Gasteiger charge is -2.37. The third kappa shape index (κ3) is 1.68. The van der Waals surface area contributed by atoms with Gasteiger partial charge in [0.1, 0.15) is 6.33 Å². The van der Waals surface area contributed by atoms with Crippen molar-refractivity contribution in [2.75, 3.05) is 31.1 Å². The molecule has 4 rings (SSSR count). The number of ether oxygens (including phenoxy) is 1. The number of anilines is 1. The number of morpholine rings is 1. The van der Waals surface area contributed by atoms with Crippen LogP contribution in [0.5, 0.6) is 0 Å². The Kier molecular flexibility index (Phi) is 2.26. The number of hydrogen-bond donors (Lipinski definition) is 1. The minimum absolute atomic E-state index is 0.295.